The molecule has 1 atom stereocenters. The number of benzene rings is 1. The van der Waals surface area contributed by atoms with Gasteiger partial charge in [-0.25, -0.2) is 0 Å². The Bertz CT molecular complexity index is 724. The number of anilines is 1. The number of hydrogen-bond acceptors (Lipinski definition) is 2. The number of hydrogen-bond donors (Lipinski definition) is 1. The Morgan fingerprint density at radius 1 is 1.25 bits per heavy atom. The number of nitrogens with one attached hydrogen (secondary N) is 1. The predicted molar refractivity (Wildman–Crippen MR) is 98.2 cm³/mol. The highest BCUT2D eigenvalue weighted by molar-refractivity contribution is 5.93. The van der Waals surface area contributed by atoms with Gasteiger partial charge in [-0.05, 0) is 63.4 Å². The van der Waals surface area contributed by atoms with Gasteiger partial charge in [0, 0.05) is 24.6 Å². The molecule has 1 aliphatic rings. The second kappa shape index (κ2) is 6.81. The maximum absolute atomic E-state index is 12.6. The van der Waals surface area contributed by atoms with E-state index in [0.717, 1.165) is 36.2 Å². The summed E-state index contributed by atoms with van der Waals surface area (Å²) in [5.41, 5.74) is 5.73. The number of carbonyl (C=O) groups excluding carboxylic acids is 1. The average molecular weight is 325 g/mol. The van der Waals surface area contributed by atoms with Crippen molar-refractivity contribution in [1.82, 2.24) is 9.47 Å². The first kappa shape index (κ1) is 16.8. The Labute approximate surface area is 144 Å². The fourth-order valence-corrected chi connectivity index (χ4v) is 3.91. The Hall–Kier alpha value is -2.07. The zero-order valence-corrected chi connectivity index (χ0v) is 15.1. The van der Waals surface area contributed by atoms with E-state index in [-0.39, 0.29) is 5.91 Å². The van der Waals surface area contributed by atoms with E-state index in [1.807, 2.05) is 0 Å². The number of rotatable bonds is 4. The molecule has 0 aliphatic carbocycles. The number of aryl methyl sites for hydroxylation is 4. The maximum Gasteiger partial charge on any atom is 0.238 e. The summed E-state index contributed by atoms with van der Waals surface area (Å²) in [6.45, 7) is 7.62. The van der Waals surface area contributed by atoms with Crippen LogP contribution < -0.4 is 5.32 Å². The summed E-state index contributed by atoms with van der Waals surface area (Å²) in [7, 11) is 2.07. The van der Waals surface area contributed by atoms with Gasteiger partial charge >= 0.3 is 0 Å². The molecule has 0 radical (unpaired) electrons. The quantitative estimate of drug-likeness (QED) is 0.930. The molecule has 4 heteroatoms. The Morgan fingerprint density at radius 3 is 2.58 bits per heavy atom. The first-order valence-electron chi connectivity index (χ1n) is 8.68. The maximum atomic E-state index is 12.6. The summed E-state index contributed by atoms with van der Waals surface area (Å²) in [6, 6.07) is 8.81. The van der Waals surface area contributed by atoms with E-state index in [4.69, 9.17) is 0 Å². The van der Waals surface area contributed by atoms with Crippen LogP contribution in [-0.4, -0.2) is 28.5 Å². The highest BCUT2D eigenvalue weighted by atomic mass is 16.2. The minimum absolute atomic E-state index is 0.0752. The summed E-state index contributed by atoms with van der Waals surface area (Å²) < 4.78 is 2.16. The van der Waals surface area contributed by atoms with Gasteiger partial charge in [-0.1, -0.05) is 17.7 Å². The monoisotopic (exact) mass is 325 g/mol. The summed E-state index contributed by atoms with van der Waals surface area (Å²) in [4.78, 5) is 14.9. The standard InChI is InChI=1S/C20H27N3O/c1-14-11-15(2)20(16(3)12-14)21-19(24)13-23-10-6-8-18(23)17-7-5-9-22(17)4/h5,7,9,11-12,18H,6,8,10,13H2,1-4H3,(H,21,24)/t18-/m1/s1. The number of nitrogens with zero attached hydrogens (tertiary/aromatic N) is 2. The Kier molecular flexibility index (Phi) is 4.76. The van der Waals surface area contributed by atoms with Gasteiger partial charge in [0.15, 0.2) is 0 Å². The predicted octanol–water partition coefficient (Wildman–Crippen LogP) is 3.73. The van der Waals surface area contributed by atoms with Crippen LogP contribution in [0.1, 0.15) is 41.3 Å². The molecular weight excluding hydrogens is 298 g/mol. The van der Waals surface area contributed by atoms with Gasteiger partial charge in [0.1, 0.15) is 0 Å². The Morgan fingerprint density at radius 2 is 1.96 bits per heavy atom. The molecule has 2 aromatic rings. The third-order valence-electron chi connectivity index (χ3n) is 4.98. The van der Waals surface area contributed by atoms with E-state index in [1.165, 1.54) is 11.3 Å². The SMILES string of the molecule is Cc1cc(C)c(NC(=O)CN2CCC[C@@H]2c2cccn2C)c(C)c1. The van der Waals surface area contributed by atoms with Crippen LogP contribution in [0, 0.1) is 20.8 Å². The van der Waals surface area contributed by atoms with Crippen molar-refractivity contribution in [3.63, 3.8) is 0 Å². The smallest absolute Gasteiger partial charge is 0.238 e. The molecule has 0 bridgehead atoms. The van der Waals surface area contributed by atoms with E-state index in [2.05, 4.69) is 73.1 Å². The molecule has 1 fully saturated rings. The van der Waals surface area contributed by atoms with Crippen molar-refractivity contribution in [3.05, 3.63) is 52.8 Å². The fourth-order valence-electron chi connectivity index (χ4n) is 3.91. The van der Waals surface area contributed by atoms with Crippen molar-refractivity contribution in [1.29, 1.82) is 0 Å². The molecule has 24 heavy (non-hydrogen) atoms. The van der Waals surface area contributed by atoms with Gasteiger partial charge in [0.2, 0.25) is 5.91 Å². The molecule has 0 unspecified atom stereocenters. The molecule has 0 spiro atoms. The minimum atomic E-state index is 0.0752. The lowest BCUT2D eigenvalue weighted by atomic mass is 10.1. The van der Waals surface area contributed by atoms with E-state index in [9.17, 15) is 4.79 Å². The van der Waals surface area contributed by atoms with E-state index in [1.54, 1.807) is 0 Å². The molecule has 1 aromatic carbocycles. The van der Waals surface area contributed by atoms with Crippen LogP contribution in [-0.2, 0) is 11.8 Å². The number of carbonyl (C=O) groups is 1. The van der Waals surface area contributed by atoms with Gasteiger partial charge in [-0.3, -0.25) is 9.69 Å². The number of amides is 1. The number of aromatic nitrogens is 1. The zero-order valence-electron chi connectivity index (χ0n) is 15.1. The molecule has 1 amide bonds. The van der Waals surface area contributed by atoms with Crippen LogP contribution in [0.3, 0.4) is 0 Å². The lowest BCUT2D eigenvalue weighted by Crippen LogP contribution is -2.33. The van der Waals surface area contributed by atoms with E-state index < -0.39 is 0 Å². The van der Waals surface area contributed by atoms with E-state index >= 15 is 0 Å². The number of likely N-dealkylation sites (tertiary alicyclic amines) is 1. The second-order valence-corrected chi connectivity index (χ2v) is 6.99. The third-order valence-corrected chi connectivity index (χ3v) is 4.98. The minimum Gasteiger partial charge on any atom is -0.353 e. The first-order chi connectivity index (χ1) is 11.5. The van der Waals surface area contributed by atoms with Gasteiger partial charge < -0.3 is 9.88 Å². The highest BCUT2D eigenvalue weighted by Gasteiger charge is 2.29. The van der Waals surface area contributed by atoms with Crippen molar-refractivity contribution in [2.75, 3.05) is 18.4 Å². The molecular formula is C20H27N3O. The van der Waals surface area contributed by atoms with Gasteiger partial charge in [0.25, 0.3) is 0 Å². The second-order valence-electron chi connectivity index (χ2n) is 6.99. The molecule has 4 nitrogen and oxygen atoms in total. The van der Waals surface area contributed by atoms with Crippen LogP contribution in [0.5, 0.6) is 0 Å². The summed E-state index contributed by atoms with van der Waals surface area (Å²) in [5, 5.41) is 3.13. The van der Waals surface area contributed by atoms with E-state index in [0.29, 0.717) is 12.6 Å². The fraction of sp³-hybridized carbons (Fsp3) is 0.450. The molecule has 1 saturated heterocycles. The molecule has 0 saturated carbocycles. The van der Waals surface area contributed by atoms with Crippen molar-refractivity contribution in [2.45, 2.75) is 39.7 Å². The van der Waals surface area contributed by atoms with Crippen LogP contribution >= 0.6 is 0 Å². The van der Waals surface area contributed by atoms with Crippen molar-refractivity contribution in [2.24, 2.45) is 7.05 Å². The average Bonchev–Trinajstić information content (AvgIpc) is 3.11. The lowest BCUT2D eigenvalue weighted by Gasteiger charge is -2.25. The molecule has 128 valence electrons. The third kappa shape index (κ3) is 3.39. The topological polar surface area (TPSA) is 37.3 Å². The van der Waals surface area contributed by atoms with Crippen molar-refractivity contribution < 1.29 is 4.79 Å². The van der Waals surface area contributed by atoms with Crippen LogP contribution in [0.15, 0.2) is 30.5 Å². The van der Waals surface area contributed by atoms with Crippen LogP contribution in [0.4, 0.5) is 5.69 Å². The first-order valence-corrected chi connectivity index (χ1v) is 8.68. The van der Waals surface area contributed by atoms with Gasteiger partial charge in [0.05, 0.1) is 12.6 Å². The van der Waals surface area contributed by atoms with Crippen molar-refractivity contribution in [3.8, 4) is 0 Å². The van der Waals surface area contributed by atoms with Gasteiger partial charge in [-0.2, -0.15) is 0 Å². The molecule has 1 aliphatic heterocycles. The summed E-state index contributed by atoms with van der Waals surface area (Å²) in [6.07, 6.45) is 4.34. The lowest BCUT2D eigenvalue weighted by molar-refractivity contribution is -0.117. The van der Waals surface area contributed by atoms with Gasteiger partial charge in [-0.15, -0.1) is 0 Å². The normalized spacial score (nSPS) is 18.1. The molecule has 3 rings (SSSR count). The molecule has 2 heterocycles. The highest BCUT2D eigenvalue weighted by Crippen LogP contribution is 2.31. The zero-order chi connectivity index (χ0) is 17.3. The molecule has 1 aromatic heterocycles. The van der Waals surface area contributed by atoms with Crippen LogP contribution in [0.25, 0.3) is 0 Å². The Balaban J connectivity index is 1.70. The summed E-state index contributed by atoms with van der Waals surface area (Å²) in [5.74, 6) is 0.0752. The molecule has 1 N–H and O–H groups in total. The van der Waals surface area contributed by atoms with Crippen molar-refractivity contribution >= 4 is 11.6 Å². The van der Waals surface area contributed by atoms with Crippen LogP contribution in [0.2, 0.25) is 0 Å². The largest absolute Gasteiger partial charge is 0.353 e. The summed E-state index contributed by atoms with van der Waals surface area (Å²) >= 11 is 0.